The molecule has 0 spiro atoms. The van der Waals surface area contributed by atoms with E-state index in [0.29, 0.717) is 6.04 Å². The van der Waals surface area contributed by atoms with E-state index in [1.54, 1.807) is 0 Å². The fourth-order valence-corrected chi connectivity index (χ4v) is 5.69. The maximum atomic E-state index is 4.54. The molecule has 0 aromatic carbocycles. The topological polar surface area (TPSA) is 29.9 Å². The van der Waals surface area contributed by atoms with E-state index < -0.39 is 0 Å². The lowest BCUT2D eigenvalue weighted by atomic mass is 9.50. The number of rotatable bonds is 4. The third-order valence-electron chi connectivity index (χ3n) is 6.02. The van der Waals surface area contributed by atoms with E-state index in [1.165, 1.54) is 32.1 Å². The summed E-state index contributed by atoms with van der Waals surface area (Å²) in [4.78, 5) is 0. The van der Waals surface area contributed by atoms with Gasteiger partial charge in [-0.25, -0.2) is 0 Å². The van der Waals surface area contributed by atoms with Gasteiger partial charge in [0.2, 0.25) is 0 Å². The Morgan fingerprint density at radius 1 is 1.16 bits per heavy atom. The molecular formula is C16H25N3. The molecule has 3 nitrogen and oxygen atoms in total. The molecule has 4 bridgehead atoms. The minimum atomic E-state index is 0.565. The van der Waals surface area contributed by atoms with Crippen molar-refractivity contribution in [1.29, 1.82) is 0 Å². The number of likely N-dealkylation sites (N-methyl/N-ethyl adjacent to an activating group) is 1. The lowest BCUT2D eigenvalue weighted by Gasteiger charge is -2.56. The molecule has 1 unspecified atom stereocenters. The molecule has 1 aromatic rings. The molecule has 4 aliphatic rings. The van der Waals surface area contributed by atoms with Crippen LogP contribution in [0, 0.1) is 29.6 Å². The van der Waals surface area contributed by atoms with Gasteiger partial charge >= 0.3 is 0 Å². The van der Waals surface area contributed by atoms with E-state index in [4.69, 9.17) is 0 Å². The molecule has 0 aliphatic heterocycles. The number of aromatic nitrogens is 2. The largest absolute Gasteiger partial charge is 0.318 e. The highest BCUT2D eigenvalue weighted by Crippen LogP contribution is 2.58. The molecule has 1 atom stereocenters. The second kappa shape index (κ2) is 4.62. The number of nitrogens with one attached hydrogen (secondary N) is 1. The Bertz CT molecular complexity index is 397. The van der Waals surface area contributed by atoms with Crippen LogP contribution in [0.25, 0.3) is 0 Å². The standard InChI is InChI=1S/C16H25N3/c1-17-10-15(19-4-2-3-18-19)16-13-6-11-5-12(8-13)9-14(16)7-11/h2-4,11-17H,5-10H2,1H3. The van der Waals surface area contributed by atoms with Gasteiger partial charge in [0.15, 0.2) is 0 Å². The first-order valence-corrected chi connectivity index (χ1v) is 7.99. The Kier molecular flexibility index (Phi) is 2.91. The summed E-state index contributed by atoms with van der Waals surface area (Å²) in [6, 6.07) is 2.63. The minimum absolute atomic E-state index is 0.565. The van der Waals surface area contributed by atoms with Crippen LogP contribution in [0.5, 0.6) is 0 Å². The highest BCUT2D eigenvalue weighted by Gasteiger charge is 2.50. The smallest absolute Gasteiger partial charge is 0.0676 e. The molecule has 5 rings (SSSR count). The Balaban J connectivity index is 1.62. The number of hydrogen-bond acceptors (Lipinski definition) is 2. The zero-order valence-corrected chi connectivity index (χ0v) is 11.8. The van der Waals surface area contributed by atoms with Crippen LogP contribution in [0.1, 0.15) is 38.1 Å². The van der Waals surface area contributed by atoms with Crippen LogP contribution in [-0.2, 0) is 0 Å². The van der Waals surface area contributed by atoms with Gasteiger partial charge in [0.05, 0.1) is 6.04 Å². The lowest BCUT2D eigenvalue weighted by molar-refractivity contribution is -0.0597. The van der Waals surface area contributed by atoms with Crippen molar-refractivity contribution in [2.75, 3.05) is 13.6 Å². The van der Waals surface area contributed by atoms with Crippen molar-refractivity contribution in [2.24, 2.45) is 29.6 Å². The van der Waals surface area contributed by atoms with Gasteiger partial charge in [-0.1, -0.05) is 0 Å². The van der Waals surface area contributed by atoms with Gasteiger partial charge in [-0.2, -0.15) is 5.10 Å². The van der Waals surface area contributed by atoms with E-state index in [1.807, 2.05) is 6.20 Å². The summed E-state index contributed by atoms with van der Waals surface area (Å²) in [6.07, 6.45) is 11.6. The molecular weight excluding hydrogens is 234 g/mol. The summed E-state index contributed by atoms with van der Waals surface area (Å²) in [5, 5.41) is 7.95. The first-order valence-electron chi connectivity index (χ1n) is 7.99. The van der Waals surface area contributed by atoms with Crippen LogP contribution in [-0.4, -0.2) is 23.4 Å². The zero-order valence-electron chi connectivity index (χ0n) is 11.8. The first kappa shape index (κ1) is 12.0. The Hall–Kier alpha value is -0.830. The fraction of sp³-hybridized carbons (Fsp3) is 0.812. The molecule has 1 heterocycles. The summed E-state index contributed by atoms with van der Waals surface area (Å²) in [5.41, 5.74) is 0. The van der Waals surface area contributed by atoms with Crippen LogP contribution in [0.15, 0.2) is 18.5 Å². The van der Waals surface area contributed by atoms with Gasteiger partial charge in [-0.3, -0.25) is 4.68 Å². The van der Waals surface area contributed by atoms with Crippen molar-refractivity contribution >= 4 is 0 Å². The summed E-state index contributed by atoms with van der Waals surface area (Å²) in [6.45, 7) is 1.06. The van der Waals surface area contributed by atoms with E-state index in [9.17, 15) is 0 Å². The van der Waals surface area contributed by atoms with Crippen LogP contribution in [0.3, 0.4) is 0 Å². The van der Waals surface area contributed by atoms with Gasteiger partial charge in [-0.05, 0) is 74.8 Å². The van der Waals surface area contributed by atoms with Crippen LogP contribution in [0.4, 0.5) is 0 Å². The molecule has 0 saturated heterocycles. The average molecular weight is 259 g/mol. The summed E-state index contributed by atoms with van der Waals surface area (Å²) >= 11 is 0. The molecule has 1 N–H and O–H groups in total. The molecule has 4 fully saturated rings. The summed E-state index contributed by atoms with van der Waals surface area (Å²) < 4.78 is 2.23. The Labute approximate surface area is 115 Å². The van der Waals surface area contributed by atoms with Crippen LogP contribution >= 0.6 is 0 Å². The quantitative estimate of drug-likeness (QED) is 0.901. The SMILES string of the molecule is CNCC(C1C2CC3CC(C2)CC1C3)n1cccn1. The normalized spacial score (nSPS) is 41.6. The van der Waals surface area contributed by atoms with Crippen LogP contribution < -0.4 is 5.32 Å². The second-order valence-electron chi connectivity index (χ2n) is 7.12. The van der Waals surface area contributed by atoms with Gasteiger partial charge in [0.1, 0.15) is 0 Å². The third-order valence-corrected chi connectivity index (χ3v) is 6.02. The molecule has 0 amide bonds. The predicted octanol–water partition coefficient (Wildman–Crippen LogP) is 2.72. The van der Waals surface area contributed by atoms with Crippen molar-refractivity contribution in [3.63, 3.8) is 0 Å². The molecule has 104 valence electrons. The maximum Gasteiger partial charge on any atom is 0.0676 e. The Morgan fingerprint density at radius 3 is 2.37 bits per heavy atom. The maximum absolute atomic E-state index is 4.54. The molecule has 4 saturated carbocycles. The lowest BCUT2D eigenvalue weighted by Crippen LogP contribution is -2.49. The van der Waals surface area contributed by atoms with E-state index >= 15 is 0 Å². The zero-order chi connectivity index (χ0) is 12.8. The van der Waals surface area contributed by atoms with Gasteiger partial charge in [-0.15, -0.1) is 0 Å². The highest BCUT2D eigenvalue weighted by molar-refractivity contribution is 5.02. The number of hydrogen-bond donors (Lipinski definition) is 1. The first-order chi connectivity index (χ1) is 9.35. The van der Waals surface area contributed by atoms with E-state index in [2.05, 4.69) is 34.4 Å². The van der Waals surface area contributed by atoms with Crippen molar-refractivity contribution in [2.45, 2.75) is 38.1 Å². The highest BCUT2D eigenvalue weighted by atomic mass is 15.3. The third kappa shape index (κ3) is 1.94. The Morgan fingerprint density at radius 2 is 1.84 bits per heavy atom. The molecule has 0 radical (unpaired) electrons. The van der Waals surface area contributed by atoms with Gasteiger partial charge < -0.3 is 5.32 Å². The van der Waals surface area contributed by atoms with E-state index in [-0.39, 0.29) is 0 Å². The molecule has 1 aromatic heterocycles. The number of nitrogens with zero attached hydrogens (tertiary/aromatic N) is 2. The monoisotopic (exact) mass is 259 g/mol. The predicted molar refractivity (Wildman–Crippen MR) is 75.7 cm³/mol. The minimum Gasteiger partial charge on any atom is -0.318 e. The van der Waals surface area contributed by atoms with Gasteiger partial charge in [0, 0.05) is 18.9 Å². The molecule has 4 aliphatic carbocycles. The fourth-order valence-electron chi connectivity index (χ4n) is 5.69. The molecule has 19 heavy (non-hydrogen) atoms. The average Bonchev–Trinajstić information content (AvgIpc) is 2.89. The summed E-state index contributed by atoms with van der Waals surface area (Å²) in [7, 11) is 2.08. The van der Waals surface area contributed by atoms with Crippen molar-refractivity contribution in [1.82, 2.24) is 15.1 Å². The summed E-state index contributed by atoms with van der Waals surface area (Å²) in [5.74, 6) is 4.93. The van der Waals surface area contributed by atoms with Crippen molar-refractivity contribution < 1.29 is 0 Å². The second-order valence-corrected chi connectivity index (χ2v) is 7.12. The van der Waals surface area contributed by atoms with E-state index in [0.717, 1.165) is 36.1 Å². The van der Waals surface area contributed by atoms with Gasteiger partial charge in [0.25, 0.3) is 0 Å². The van der Waals surface area contributed by atoms with Crippen molar-refractivity contribution in [3.05, 3.63) is 18.5 Å². The molecule has 3 heteroatoms. The van der Waals surface area contributed by atoms with Crippen molar-refractivity contribution in [3.8, 4) is 0 Å². The van der Waals surface area contributed by atoms with Crippen LogP contribution in [0.2, 0.25) is 0 Å².